The molecule has 2 heterocycles. The second-order valence-electron chi connectivity index (χ2n) is 4.17. The van der Waals surface area contributed by atoms with E-state index >= 15 is 0 Å². The number of nitrogens with zero attached hydrogens (tertiary/aromatic N) is 1. The summed E-state index contributed by atoms with van der Waals surface area (Å²) in [6.07, 6.45) is 4.37. The summed E-state index contributed by atoms with van der Waals surface area (Å²) in [6.45, 7) is 3.79. The second-order valence-corrected chi connectivity index (χ2v) is 4.53. The first-order chi connectivity index (χ1) is 7.77. The highest BCUT2D eigenvalue weighted by Crippen LogP contribution is 2.16. The van der Waals surface area contributed by atoms with Crippen molar-refractivity contribution in [2.45, 2.75) is 38.5 Å². The van der Waals surface area contributed by atoms with Crippen molar-refractivity contribution in [1.29, 1.82) is 0 Å². The molecule has 1 N–H and O–H groups in total. The summed E-state index contributed by atoms with van der Waals surface area (Å²) in [4.78, 5) is 4.05. The Morgan fingerprint density at radius 2 is 2.56 bits per heavy atom. The minimum Gasteiger partial charge on any atom is -0.377 e. The predicted octanol–water partition coefficient (Wildman–Crippen LogP) is 2.39. The monoisotopic (exact) mass is 240 g/mol. The molecule has 2 unspecified atom stereocenters. The Labute approximate surface area is 101 Å². The fraction of sp³-hybridized carbons (Fsp3) is 0.583. The van der Waals surface area contributed by atoms with E-state index in [1.54, 1.807) is 6.20 Å². The summed E-state index contributed by atoms with van der Waals surface area (Å²) in [5.41, 5.74) is 1.04. The van der Waals surface area contributed by atoms with Gasteiger partial charge in [-0.2, -0.15) is 0 Å². The third-order valence-corrected chi connectivity index (χ3v) is 3.31. The topological polar surface area (TPSA) is 34.2 Å². The van der Waals surface area contributed by atoms with Gasteiger partial charge in [-0.05, 0) is 25.8 Å². The lowest BCUT2D eigenvalue weighted by molar-refractivity contribution is 0.0832. The van der Waals surface area contributed by atoms with Crippen LogP contribution in [0, 0.1) is 0 Å². The van der Waals surface area contributed by atoms with Crippen molar-refractivity contribution in [3.8, 4) is 0 Å². The van der Waals surface area contributed by atoms with Gasteiger partial charge in [0.25, 0.3) is 0 Å². The molecule has 0 saturated carbocycles. The van der Waals surface area contributed by atoms with Gasteiger partial charge in [-0.25, -0.2) is 4.98 Å². The molecule has 0 bridgehead atoms. The van der Waals surface area contributed by atoms with Gasteiger partial charge in [0.2, 0.25) is 0 Å². The van der Waals surface area contributed by atoms with Crippen LogP contribution in [0.5, 0.6) is 0 Å². The number of pyridine rings is 1. The zero-order chi connectivity index (χ0) is 11.4. The van der Waals surface area contributed by atoms with Crippen LogP contribution in [-0.2, 0) is 11.3 Å². The Balaban J connectivity index is 1.84. The lowest BCUT2D eigenvalue weighted by Crippen LogP contribution is -2.36. The van der Waals surface area contributed by atoms with E-state index in [0.717, 1.165) is 25.1 Å². The molecule has 0 aliphatic carbocycles. The Hall–Kier alpha value is -0.640. The molecule has 0 spiro atoms. The van der Waals surface area contributed by atoms with E-state index < -0.39 is 0 Å². The van der Waals surface area contributed by atoms with Crippen LogP contribution in [0.3, 0.4) is 0 Å². The molecule has 1 saturated heterocycles. The van der Waals surface area contributed by atoms with Gasteiger partial charge in [0.1, 0.15) is 5.15 Å². The lowest BCUT2D eigenvalue weighted by atomic mass is 10.1. The standard InChI is InChI=1S/C12H17ClN2O/c1-9(11-5-3-7-16-11)15-8-10-4-2-6-14-12(10)13/h2,4,6,9,11,15H,3,5,7-8H2,1H3. The van der Waals surface area contributed by atoms with Gasteiger partial charge in [0.15, 0.2) is 0 Å². The molecular formula is C12H17ClN2O. The molecule has 2 rings (SSSR count). The molecule has 88 valence electrons. The van der Waals surface area contributed by atoms with E-state index in [9.17, 15) is 0 Å². The number of halogens is 1. The zero-order valence-electron chi connectivity index (χ0n) is 9.45. The second kappa shape index (κ2) is 5.62. The van der Waals surface area contributed by atoms with E-state index in [1.165, 1.54) is 6.42 Å². The molecule has 2 atom stereocenters. The van der Waals surface area contributed by atoms with Crippen LogP contribution < -0.4 is 5.32 Å². The average molecular weight is 241 g/mol. The van der Waals surface area contributed by atoms with Crippen LogP contribution in [-0.4, -0.2) is 23.7 Å². The summed E-state index contributed by atoms with van der Waals surface area (Å²) in [7, 11) is 0. The summed E-state index contributed by atoms with van der Waals surface area (Å²) in [5, 5.41) is 4.01. The number of nitrogens with one attached hydrogen (secondary N) is 1. The maximum Gasteiger partial charge on any atom is 0.133 e. The van der Waals surface area contributed by atoms with Gasteiger partial charge in [0.05, 0.1) is 6.10 Å². The molecule has 16 heavy (non-hydrogen) atoms. The average Bonchev–Trinajstić information content (AvgIpc) is 2.81. The van der Waals surface area contributed by atoms with Crippen molar-refractivity contribution >= 4 is 11.6 Å². The highest BCUT2D eigenvalue weighted by Gasteiger charge is 2.21. The fourth-order valence-electron chi connectivity index (χ4n) is 1.95. The van der Waals surface area contributed by atoms with Crippen LogP contribution in [0.15, 0.2) is 18.3 Å². The van der Waals surface area contributed by atoms with Gasteiger partial charge in [-0.1, -0.05) is 17.7 Å². The highest BCUT2D eigenvalue weighted by molar-refractivity contribution is 6.30. The molecule has 4 heteroatoms. The third-order valence-electron chi connectivity index (χ3n) is 2.97. The predicted molar refractivity (Wildman–Crippen MR) is 64.5 cm³/mol. The molecule has 0 amide bonds. The van der Waals surface area contributed by atoms with Crippen molar-refractivity contribution in [3.05, 3.63) is 29.0 Å². The van der Waals surface area contributed by atoms with Gasteiger partial charge >= 0.3 is 0 Å². The van der Waals surface area contributed by atoms with Crippen LogP contribution in [0.1, 0.15) is 25.3 Å². The molecule has 1 fully saturated rings. The number of hydrogen-bond acceptors (Lipinski definition) is 3. The largest absolute Gasteiger partial charge is 0.377 e. The molecule has 3 nitrogen and oxygen atoms in total. The minimum absolute atomic E-state index is 0.343. The molecule has 1 aliphatic rings. The van der Waals surface area contributed by atoms with Crippen LogP contribution in [0.25, 0.3) is 0 Å². The Morgan fingerprint density at radius 3 is 3.25 bits per heavy atom. The van der Waals surface area contributed by atoms with Crippen molar-refractivity contribution in [1.82, 2.24) is 10.3 Å². The number of rotatable bonds is 4. The van der Waals surface area contributed by atoms with Crippen molar-refractivity contribution in [2.24, 2.45) is 0 Å². The SMILES string of the molecule is CC(NCc1cccnc1Cl)C1CCCO1. The highest BCUT2D eigenvalue weighted by atomic mass is 35.5. The minimum atomic E-state index is 0.343. The van der Waals surface area contributed by atoms with Crippen molar-refractivity contribution < 1.29 is 4.74 Å². The Kier molecular flexibility index (Phi) is 4.16. The number of ether oxygens (including phenoxy) is 1. The maximum absolute atomic E-state index is 5.99. The van der Waals surface area contributed by atoms with E-state index in [4.69, 9.17) is 16.3 Å². The summed E-state index contributed by atoms with van der Waals surface area (Å²) < 4.78 is 5.62. The number of hydrogen-bond donors (Lipinski definition) is 1. The smallest absolute Gasteiger partial charge is 0.133 e. The van der Waals surface area contributed by atoms with E-state index in [2.05, 4.69) is 17.2 Å². The van der Waals surface area contributed by atoms with E-state index in [1.807, 2.05) is 12.1 Å². The van der Waals surface area contributed by atoms with Crippen LogP contribution >= 0.6 is 11.6 Å². The fourth-order valence-corrected chi connectivity index (χ4v) is 2.14. The maximum atomic E-state index is 5.99. The summed E-state index contributed by atoms with van der Waals surface area (Å²) in [6, 6.07) is 4.25. The van der Waals surface area contributed by atoms with Crippen molar-refractivity contribution in [3.63, 3.8) is 0 Å². The van der Waals surface area contributed by atoms with Crippen LogP contribution in [0.2, 0.25) is 5.15 Å². The normalized spacial score (nSPS) is 22.2. The molecule has 1 aromatic rings. The number of aromatic nitrogens is 1. The first-order valence-electron chi connectivity index (χ1n) is 5.72. The zero-order valence-corrected chi connectivity index (χ0v) is 10.2. The van der Waals surface area contributed by atoms with Gasteiger partial charge in [-0.3, -0.25) is 0 Å². The van der Waals surface area contributed by atoms with Gasteiger partial charge in [0, 0.05) is 31.0 Å². The molecular weight excluding hydrogens is 224 g/mol. The van der Waals surface area contributed by atoms with E-state index in [-0.39, 0.29) is 0 Å². The molecule has 1 aromatic heterocycles. The van der Waals surface area contributed by atoms with Crippen LogP contribution in [0.4, 0.5) is 0 Å². The van der Waals surface area contributed by atoms with Gasteiger partial charge in [-0.15, -0.1) is 0 Å². The first kappa shape index (κ1) is 11.8. The van der Waals surface area contributed by atoms with Crippen molar-refractivity contribution in [2.75, 3.05) is 6.61 Å². The van der Waals surface area contributed by atoms with Gasteiger partial charge < -0.3 is 10.1 Å². The first-order valence-corrected chi connectivity index (χ1v) is 6.09. The Bertz CT molecular complexity index is 340. The lowest BCUT2D eigenvalue weighted by Gasteiger charge is -2.20. The third kappa shape index (κ3) is 2.94. The summed E-state index contributed by atoms with van der Waals surface area (Å²) >= 11 is 5.99. The molecule has 0 aromatic carbocycles. The Morgan fingerprint density at radius 1 is 1.69 bits per heavy atom. The quantitative estimate of drug-likeness (QED) is 0.821. The van der Waals surface area contributed by atoms with E-state index in [0.29, 0.717) is 17.3 Å². The summed E-state index contributed by atoms with van der Waals surface area (Å²) in [5.74, 6) is 0. The molecule has 0 radical (unpaired) electrons. The molecule has 1 aliphatic heterocycles.